The second kappa shape index (κ2) is 8.27. The summed E-state index contributed by atoms with van der Waals surface area (Å²) in [5.41, 5.74) is 2.38. The Balaban J connectivity index is 1.51. The average molecular weight is 367 g/mol. The highest BCUT2D eigenvalue weighted by molar-refractivity contribution is 5.94. The molecule has 0 fully saturated rings. The first-order chi connectivity index (χ1) is 13.0. The number of halogens is 1. The minimum absolute atomic E-state index is 0.226. The maximum atomic E-state index is 12.9. The molecular formula is C20H18FN3O3. The molecule has 0 bridgehead atoms. The molecule has 0 saturated carbocycles. The van der Waals surface area contributed by atoms with Gasteiger partial charge in [0, 0.05) is 24.7 Å². The highest BCUT2D eigenvalue weighted by Crippen LogP contribution is 2.07. The van der Waals surface area contributed by atoms with Crippen LogP contribution >= 0.6 is 0 Å². The molecule has 2 amide bonds. The molecule has 3 rings (SSSR count). The Hall–Kier alpha value is -3.48. The predicted molar refractivity (Wildman–Crippen MR) is 96.4 cm³/mol. The lowest BCUT2D eigenvalue weighted by molar-refractivity contribution is 0.0936. The van der Waals surface area contributed by atoms with Crippen molar-refractivity contribution in [2.24, 2.45) is 0 Å². The molecule has 2 N–H and O–H groups in total. The summed E-state index contributed by atoms with van der Waals surface area (Å²) in [5, 5.41) is 9.17. The van der Waals surface area contributed by atoms with Crippen molar-refractivity contribution in [2.75, 3.05) is 0 Å². The molecule has 7 heteroatoms. The van der Waals surface area contributed by atoms with Gasteiger partial charge in [0.2, 0.25) is 0 Å². The summed E-state index contributed by atoms with van der Waals surface area (Å²) in [4.78, 5) is 24.1. The lowest BCUT2D eigenvalue weighted by Gasteiger charge is -2.07. The molecule has 27 heavy (non-hydrogen) atoms. The Kier molecular flexibility index (Phi) is 5.61. The summed E-state index contributed by atoms with van der Waals surface area (Å²) in [6.07, 6.45) is 0. The van der Waals surface area contributed by atoms with E-state index < -0.39 is 0 Å². The van der Waals surface area contributed by atoms with Crippen LogP contribution in [-0.2, 0) is 13.1 Å². The summed E-state index contributed by atoms with van der Waals surface area (Å²) in [6.45, 7) is 2.33. The fraction of sp³-hybridized carbons (Fsp3) is 0.150. The molecule has 0 atom stereocenters. The van der Waals surface area contributed by atoms with Crippen LogP contribution in [0.3, 0.4) is 0 Å². The largest absolute Gasteiger partial charge is 0.361 e. The van der Waals surface area contributed by atoms with Crippen LogP contribution in [-0.4, -0.2) is 17.0 Å². The number of rotatable bonds is 6. The first-order valence-electron chi connectivity index (χ1n) is 8.34. The highest BCUT2D eigenvalue weighted by atomic mass is 19.1. The van der Waals surface area contributed by atoms with Crippen LogP contribution in [0.15, 0.2) is 59.1 Å². The van der Waals surface area contributed by atoms with E-state index in [0.29, 0.717) is 24.4 Å². The fourth-order valence-corrected chi connectivity index (χ4v) is 2.41. The van der Waals surface area contributed by atoms with E-state index >= 15 is 0 Å². The number of benzene rings is 2. The zero-order valence-corrected chi connectivity index (χ0v) is 14.7. The standard InChI is InChI=1S/C20H18FN3O3/c1-13-10-18(24-27-13)20(26)23-12-14-2-6-16(7-3-14)19(25)22-11-15-4-8-17(21)9-5-15/h2-10H,11-12H2,1H3,(H,22,25)(H,23,26). The first-order valence-corrected chi connectivity index (χ1v) is 8.34. The molecule has 0 aliphatic carbocycles. The van der Waals surface area contributed by atoms with E-state index in [2.05, 4.69) is 15.8 Å². The van der Waals surface area contributed by atoms with Crippen molar-refractivity contribution < 1.29 is 18.5 Å². The Labute approximate surface area is 155 Å². The lowest BCUT2D eigenvalue weighted by Crippen LogP contribution is -2.24. The third kappa shape index (κ3) is 5.01. The molecule has 138 valence electrons. The number of hydrogen-bond donors (Lipinski definition) is 2. The van der Waals surface area contributed by atoms with Gasteiger partial charge >= 0.3 is 0 Å². The minimum Gasteiger partial charge on any atom is -0.361 e. The SMILES string of the molecule is Cc1cc(C(=O)NCc2ccc(C(=O)NCc3ccc(F)cc3)cc2)no1. The van der Waals surface area contributed by atoms with Crippen LogP contribution in [0.2, 0.25) is 0 Å². The van der Waals surface area contributed by atoms with Crippen molar-refractivity contribution >= 4 is 11.8 Å². The van der Waals surface area contributed by atoms with Crippen molar-refractivity contribution in [3.05, 3.63) is 88.6 Å². The number of nitrogens with zero attached hydrogens (tertiary/aromatic N) is 1. The number of carbonyl (C=O) groups excluding carboxylic acids is 2. The van der Waals surface area contributed by atoms with Gasteiger partial charge < -0.3 is 15.2 Å². The quantitative estimate of drug-likeness (QED) is 0.702. The van der Waals surface area contributed by atoms with E-state index in [1.165, 1.54) is 12.1 Å². The van der Waals surface area contributed by atoms with Crippen LogP contribution in [0.25, 0.3) is 0 Å². The van der Waals surface area contributed by atoms with E-state index in [9.17, 15) is 14.0 Å². The number of hydrogen-bond acceptors (Lipinski definition) is 4. The smallest absolute Gasteiger partial charge is 0.273 e. The van der Waals surface area contributed by atoms with Gasteiger partial charge in [-0.15, -0.1) is 0 Å². The minimum atomic E-state index is -0.326. The zero-order valence-electron chi connectivity index (χ0n) is 14.7. The van der Waals surface area contributed by atoms with E-state index in [1.807, 2.05) is 0 Å². The van der Waals surface area contributed by atoms with Gasteiger partial charge in [-0.3, -0.25) is 9.59 Å². The highest BCUT2D eigenvalue weighted by Gasteiger charge is 2.11. The molecule has 0 aliphatic heterocycles. The molecule has 0 aliphatic rings. The third-order valence-corrected chi connectivity index (χ3v) is 3.90. The predicted octanol–water partition coefficient (Wildman–Crippen LogP) is 2.98. The maximum Gasteiger partial charge on any atom is 0.273 e. The lowest BCUT2D eigenvalue weighted by atomic mass is 10.1. The summed E-state index contributed by atoms with van der Waals surface area (Å²) in [5.74, 6) is -0.302. The van der Waals surface area contributed by atoms with Crippen LogP contribution in [0, 0.1) is 12.7 Å². The van der Waals surface area contributed by atoms with Gasteiger partial charge in [0.05, 0.1) is 0 Å². The van der Waals surface area contributed by atoms with Crippen molar-refractivity contribution in [1.82, 2.24) is 15.8 Å². The normalized spacial score (nSPS) is 10.4. The van der Waals surface area contributed by atoms with E-state index in [1.54, 1.807) is 49.4 Å². The fourth-order valence-electron chi connectivity index (χ4n) is 2.41. The van der Waals surface area contributed by atoms with Crippen LogP contribution in [0.4, 0.5) is 4.39 Å². The van der Waals surface area contributed by atoms with Gasteiger partial charge in [-0.1, -0.05) is 29.4 Å². The maximum absolute atomic E-state index is 12.9. The van der Waals surface area contributed by atoms with E-state index in [0.717, 1.165) is 11.1 Å². The molecule has 0 saturated heterocycles. The molecule has 0 spiro atoms. The van der Waals surface area contributed by atoms with Crippen molar-refractivity contribution in [1.29, 1.82) is 0 Å². The molecule has 1 heterocycles. The summed E-state index contributed by atoms with van der Waals surface area (Å²) >= 11 is 0. The van der Waals surface area contributed by atoms with Gasteiger partial charge in [-0.2, -0.15) is 0 Å². The van der Waals surface area contributed by atoms with Crippen molar-refractivity contribution in [3.8, 4) is 0 Å². The number of nitrogens with one attached hydrogen (secondary N) is 2. The Morgan fingerprint density at radius 2 is 1.48 bits per heavy atom. The monoisotopic (exact) mass is 367 g/mol. The third-order valence-electron chi connectivity index (χ3n) is 3.90. The number of amides is 2. The molecule has 6 nitrogen and oxygen atoms in total. The second-order valence-electron chi connectivity index (χ2n) is 6.01. The summed E-state index contributed by atoms with van der Waals surface area (Å²) in [7, 11) is 0. The summed E-state index contributed by atoms with van der Waals surface area (Å²) in [6, 6.07) is 14.4. The van der Waals surface area contributed by atoms with E-state index in [4.69, 9.17) is 4.52 Å². The molecule has 0 unspecified atom stereocenters. The molecule has 2 aromatic carbocycles. The number of carbonyl (C=O) groups is 2. The molecular weight excluding hydrogens is 349 g/mol. The van der Waals surface area contributed by atoms with Crippen LogP contribution < -0.4 is 10.6 Å². The van der Waals surface area contributed by atoms with Gasteiger partial charge in [0.1, 0.15) is 11.6 Å². The van der Waals surface area contributed by atoms with Gasteiger partial charge in [0.25, 0.3) is 11.8 Å². The average Bonchev–Trinajstić information content (AvgIpc) is 3.12. The number of aromatic nitrogens is 1. The topological polar surface area (TPSA) is 84.2 Å². The van der Waals surface area contributed by atoms with Gasteiger partial charge in [-0.25, -0.2) is 4.39 Å². The molecule has 0 radical (unpaired) electrons. The van der Waals surface area contributed by atoms with Gasteiger partial charge in [0.15, 0.2) is 5.69 Å². The molecule has 1 aromatic heterocycles. The van der Waals surface area contributed by atoms with Crippen LogP contribution in [0.1, 0.15) is 37.7 Å². The second-order valence-corrected chi connectivity index (χ2v) is 6.01. The molecule has 3 aromatic rings. The Morgan fingerprint density at radius 1 is 0.926 bits per heavy atom. The van der Waals surface area contributed by atoms with Crippen molar-refractivity contribution in [2.45, 2.75) is 20.0 Å². The summed E-state index contributed by atoms with van der Waals surface area (Å²) < 4.78 is 17.7. The first kappa shape index (κ1) is 18.3. The Morgan fingerprint density at radius 3 is 2.04 bits per heavy atom. The van der Waals surface area contributed by atoms with E-state index in [-0.39, 0.29) is 23.3 Å². The number of aryl methyl sites for hydroxylation is 1. The zero-order chi connectivity index (χ0) is 19.2. The van der Waals surface area contributed by atoms with Crippen LogP contribution in [0.5, 0.6) is 0 Å². The van der Waals surface area contributed by atoms with Crippen molar-refractivity contribution in [3.63, 3.8) is 0 Å². The van der Waals surface area contributed by atoms with Gasteiger partial charge in [-0.05, 0) is 42.3 Å². The Bertz CT molecular complexity index is 934.